The number of hydrogen-bond donors (Lipinski definition) is 1. The molecule has 0 radical (unpaired) electrons. The largest absolute Gasteiger partial charge is 0.444 e. The first-order valence-electron chi connectivity index (χ1n) is 11.4. The number of alkyl carbamates (subject to hydrolysis) is 1. The summed E-state index contributed by atoms with van der Waals surface area (Å²) in [5, 5.41) is 3.37. The fourth-order valence-electron chi connectivity index (χ4n) is 3.58. The molecule has 7 nitrogen and oxygen atoms in total. The van der Waals surface area contributed by atoms with Crippen molar-refractivity contribution in [2.75, 3.05) is 0 Å². The Bertz CT molecular complexity index is 1290. The van der Waals surface area contributed by atoms with Crippen molar-refractivity contribution in [2.45, 2.75) is 59.6 Å². The fraction of sp³-hybridized carbons (Fsp3) is 0.370. The topological polar surface area (TPSA) is 94.8 Å². The lowest BCUT2D eigenvalue weighted by Gasteiger charge is -2.24. The molecule has 1 amide bonds. The van der Waals surface area contributed by atoms with Crippen LogP contribution in [0.5, 0.6) is 5.75 Å². The third kappa shape index (κ3) is 6.63. The number of carbonyl (C=O) groups excluding carboxylic acids is 2. The van der Waals surface area contributed by atoms with Gasteiger partial charge in [0.15, 0.2) is 5.75 Å². The van der Waals surface area contributed by atoms with Gasteiger partial charge in [-0.15, -0.1) is 0 Å². The van der Waals surface area contributed by atoms with Crippen molar-refractivity contribution >= 4 is 34.6 Å². The minimum absolute atomic E-state index is 0.0270. The van der Waals surface area contributed by atoms with Crippen LogP contribution in [0.25, 0.3) is 11.0 Å². The van der Waals surface area contributed by atoms with Crippen LogP contribution in [0.2, 0.25) is 5.02 Å². The molecule has 0 aliphatic heterocycles. The van der Waals surface area contributed by atoms with Crippen LogP contribution in [-0.2, 0) is 16.0 Å². The highest BCUT2D eigenvalue weighted by molar-refractivity contribution is 6.33. The minimum atomic E-state index is -0.974. The third-order valence-corrected chi connectivity index (χ3v) is 5.66. The molecular weight excluding hydrogens is 470 g/mol. The van der Waals surface area contributed by atoms with Crippen molar-refractivity contribution in [1.82, 2.24) is 5.32 Å². The highest BCUT2D eigenvalue weighted by atomic mass is 35.5. The highest BCUT2D eigenvalue weighted by Crippen LogP contribution is 2.32. The zero-order chi connectivity index (χ0) is 25.9. The molecule has 0 saturated heterocycles. The Balaban J connectivity index is 1.88. The van der Waals surface area contributed by atoms with Crippen LogP contribution in [0.1, 0.15) is 51.3 Å². The maximum Gasteiger partial charge on any atom is 0.408 e. The number of nitrogens with one attached hydrogen (secondary N) is 1. The molecule has 1 atom stereocenters. The van der Waals surface area contributed by atoms with Crippen molar-refractivity contribution in [3.8, 4) is 5.75 Å². The summed E-state index contributed by atoms with van der Waals surface area (Å²) in [6.07, 6.45) is -0.309. The number of benzene rings is 2. The van der Waals surface area contributed by atoms with E-state index in [1.807, 2.05) is 37.3 Å². The van der Waals surface area contributed by atoms with Crippen LogP contribution in [0.3, 0.4) is 0 Å². The molecule has 0 fully saturated rings. The Labute approximate surface area is 209 Å². The lowest BCUT2D eigenvalue weighted by Crippen LogP contribution is -2.48. The number of amides is 1. The van der Waals surface area contributed by atoms with Crippen LogP contribution in [0.4, 0.5) is 4.79 Å². The summed E-state index contributed by atoms with van der Waals surface area (Å²) in [5.41, 5.74) is 1.32. The van der Waals surface area contributed by atoms with Gasteiger partial charge in [-0.1, -0.05) is 55.8 Å². The summed E-state index contributed by atoms with van der Waals surface area (Å²) in [7, 11) is 0. The van der Waals surface area contributed by atoms with E-state index in [-0.39, 0.29) is 22.3 Å². The van der Waals surface area contributed by atoms with Gasteiger partial charge in [-0.2, -0.15) is 0 Å². The molecule has 186 valence electrons. The molecule has 1 heterocycles. The number of halogens is 1. The molecule has 0 spiro atoms. The second-order valence-corrected chi connectivity index (χ2v) is 10.1. The number of esters is 1. The molecule has 2 aromatic carbocycles. The lowest BCUT2D eigenvalue weighted by atomic mass is 9.99. The van der Waals surface area contributed by atoms with Crippen molar-refractivity contribution in [3.05, 3.63) is 74.6 Å². The predicted molar refractivity (Wildman–Crippen MR) is 135 cm³/mol. The molecule has 1 N–H and O–H groups in total. The van der Waals surface area contributed by atoms with E-state index in [2.05, 4.69) is 5.32 Å². The maximum absolute atomic E-state index is 12.9. The zero-order valence-electron chi connectivity index (χ0n) is 20.7. The van der Waals surface area contributed by atoms with Gasteiger partial charge in [0, 0.05) is 23.4 Å². The molecule has 0 aliphatic carbocycles. The second-order valence-electron chi connectivity index (χ2n) is 9.72. The summed E-state index contributed by atoms with van der Waals surface area (Å²) >= 11 is 6.44. The second kappa shape index (κ2) is 10.5. The molecule has 3 rings (SSSR count). The van der Waals surface area contributed by atoms with Crippen LogP contribution < -0.4 is 15.7 Å². The number of carbonyl (C=O) groups is 2. The first-order valence-corrected chi connectivity index (χ1v) is 11.7. The summed E-state index contributed by atoms with van der Waals surface area (Å²) < 4.78 is 16.3. The third-order valence-electron chi connectivity index (χ3n) is 5.37. The SMILES string of the molecule is Cc1c(Cc2ccccc2)c(=O)oc2cc(OC(=O)[C@@H](NC(=O)OC(C)(C)C)C(C)C)c(Cl)cc12. The van der Waals surface area contributed by atoms with E-state index in [4.69, 9.17) is 25.5 Å². The molecule has 0 unspecified atom stereocenters. The number of ether oxygens (including phenoxy) is 2. The average Bonchev–Trinajstić information content (AvgIpc) is 2.75. The number of rotatable bonds is 6. The quantitative estimate of drug-likeness (QED) is 0.261. The van der Waals surface area contributed by atoms with Crippen LogP contribution in [0, 0.1) is 12.8 Å². The van der Waals surface area contributed by atoms with Gasteiger partial charge in [-0.05, 0) is 50.8 Å². The number of fused-ring (bicyclic) bond motifs is 1. The molecule has 3 aromatic rings. The number of aryl methyl sites for hydroxylation is 1. The average molecular weight is 500 g/mol. The zero-order valence-corrected chi connectivity index (χ0v) is 21.5. The van der Waals surface area contributed by atoms with E-state index < -0.39 is 29.3 Å². The standard InChI is InChI=1S/C27H30ClNO6/c1-15(2)23(29-26(32)35-27(4,5)6)25(31)34-22-14-21-18(13-20(22)28)16(3)19(24(30)33-21)12-17-10-8-7-9-11-17/h7-11,13-15,23H,12H2,1-6H3,(H,29,32)/t23-/m0/s1. The van der Waals surface area contributed by atoms with Crippen LogP contribution in [-0.4, -0.2) is 23.7 Å². The summed E-state index contributed by atoms with van der Waals surface area (Å²) in [6, 6.07) is 11.7. The van der Waals surface area contributed by atoms with Gasteiger partial charge in [0.05, 0.1) is 5.02 Å². The first-order chi connectivity index (χ1) is 16.4. The summed E-state index contributed by atoms with van der Waals surface area (Å²) in [6.45, 7) is 10.5. The van der Waals surface area contributed by atoms with Gasteiger partial charge in [0.25, 0.3) is 0 Å². The van der Waals surface area contributed by atoms with Gasteiger partial charge in [0.1, 0.15) is 17.2 Å². The van der Waals surface area contributed by atoms with E-state index in [0.29, 0.717) is 17.4 Å². The predicted octanol–water partition coefficient (Wildman–Crippen LogP) is 5.80. The lowest BCUT2D eigenvalue weighted by molar-refractivity contribution is -0.137. The Morgan fingerprint density at radius 3 is 2.37 bits per heavy atom. The van der Waals surface area contributed by atoms with Gasteiger partial charge < -0.3 is 19.2 Å². The van der Waals surface area contributed by atoms with Crippen LogP contribution >= 0.6 is 11.6 Å². The fourth-order valence-corrected chi connectivity index (χ4v) is 3.78. The van der Waals surface area contributed by atoms with Crippen molar-refractivity contribution < 1.29 is 23.5 Å². The minimum Gasteiger partial charge on any atom is -0.444 e. The molecule has 8 heteroatoms. The summed E-state index contributed by atoms with van der Waals surface area (Å²) in [5.74, 6) is -0.971. The van der Waals surface area contributed by atoms with Gasteiger partial charge >= 0.3 is 17.7 Å². The van der Waals surface area contributed by atoms with E-state index in [0.717, 1.165) is 11.1 Å². The molecule has 0 bridgehead atoms. The van der Waals surface area contributed by atoms with E-state index in [9.17, 15) is 14.4 Å². The Morgan fingerprint density at radius 2 is 1.77 bits per heavy atom. The molecule has 0 aliphatic rings. The van der Waals surface area contributed by atoms with E-state index in [1.165, 1.54) is 6.07 Å². The maximum atomic E-state index is 12.9. The van der Waals surface area contributed by atoms with Crippen LogP contribution in [0.15, 0.2) is 51.7 Å². The smallest absolute Gasteiger partial charge is 0.408 e. The molecule has 0 saturated carbocycles. The van der Waals surface area contributed by atoms with E-state index >= 15 is 0 Å². The van der Waals surface area contributed by atoms with E-state index in [1.54, 1.807) is 40.7 Å². The Kier molecular flexibility index (Phi) is 7.90. The highest BCUT2D eigenvalue weighted by Gasteiger charge is 2.29. The van der Waals surface area contributed by atoms with Gasteiger partial charge in [-0.25, -0.2) is 14.4 Å². The first kappa shape index (κ1) is 26.3. The van der Waals surface area contributed by atoms with Gasteiger partial charge in [-0.3, -0.25) is 0 Å². The normalized spacial score (nSPS) is 12.5. The molecule has 35 heavy (non-hydrogen) atoms. The summed E-state index contributed by atoms with van der Waals surface area (Å²) in [4.78, 5) is 37.8. The number of hydrogen-bond acceptors (Lipinski definition) is 6. The van der Waals surface area contributed by atoms with Gasteiger partial charge in [0.2, 0.25) is 0 Å². The molecular formula is C27H30ClNO6. The van der Waals surface area contributed by atoms with Crippen molar-refractivity contribution in [1.29, 1.82) is 0 Å². The monoisotopic (exact) mass is 499 g/mol. The molecule has 1 aromatic heterocycles. The Hall–Kier alpha value is -3.32. The van der Waals surface area contributed by atoms with Crippen molar-refractivity contribution in [3.63, 3.8) is 0 Å². The van der Waals surface area contributed by atoms with Crippen molar-refractivity contribution in [2.24, 2.45) is 5.92 Å². The Morgan fingerprint density at radius 1 is 1.11 bits per heavy atom.